The second-order valence-electron chi connectivity index (χ2n) is 4.51. The van der Waals surface area contributed by atoms with Crippen LogP contribution in [0.3, 0.4) is 0 Å². The highest BCUT2D eigenvalue weighted by Crippen LogP contribution is 2.29. The van der Waals surface area contributed by atoms with Crippen LogP contribution in [0, 0.1) is 6.92 Å². The van der Waals surface area contributed by atoms with Crippen LogP contribution < -0.4 is 14.8 Å². The van der Waals surface area contributed by atoms with Crippen molar-refractivity contribution in [3.63, 3.8) is 0 Å². The van der Waals surface area contributed by atoms with Gasteiger partial charge in [0.15, 0.2) is 11.5 Å². The number of methoxy groups -OCH3 is 2. The van der Waals surface area contributed by atoms with Gasteiger partial charge in [-0.1, -0.05) is 16.4 Å². The van der Waals surface area contributed by atoms with Gasteiger partial charge in [-0.05, 0) is 31.5 Å². The first-order chi connectivity index (χ1) is 9.65. The van der Waals surface area contributed by atoms with E-state index in [1.54, 1.807) is 14.2 Å². The van der Waals surface area contributed by atoms with E-state index < -0.39 is 0 Å². The third kappa shape index (κ3) is 3.08. The number of rotatable bonds is 6. The molecular weight excluding hydrogens is 258 g/mol. The average molecular weight is 277 g/mol. The molecule has 1 unspecified atom stereocenters. The smallest absolute Gasteiger partial charge is 0.161 e. The number of aryl methyl sites for hydroxylation is 1. The molecule has 0 amide bonds. The largest absolute Gasteiger partial charge is 0.493 e. The topological polar surface area (TPSA) is 69.4 Å². The van der Waals surface area contributed by atoms with Crippen molar-refractivity contribution in [3.8, 4) is 11.5 Å². The van der Waals surface area contributed by atoms with Gasteiger partial charge in [0.2, 0.25) is 0 Å². The van der Waals surface area contributed by atoms with Crippen molar-refractivity contribution < 1.29 is 14.1 Å². The standard InChI is InChI=1S/C14H19N3O3/c1-9(15-8-12-10(2)16-20-17-12)11-5-6-13(18-3)14(7-11)19-4/h5-7,9,15H,8H2,1-4H3. The van der Waals surface area contributed by atoms with Gasteiger partial charge in [-0.15, -0.1) is 0 Å². The molecule has 1 heterocycles. The summed E-state index contributed by atoms with van der Waals surface area (Å²) >= 11 is 0. The van der Waals surface area contributed by atoms with Crippen LogP contribution in [-0.4, -0.2) is 24.5 Å². The molecule has 0 fully saturated rings. The maximum atomic E-state index is 5.31. The fraction of sp³-hybridized carbons (Fsp3) is 0.429. The first kappa shape index (κ1) is 14.3. The van der Waals surface area contributed by atoms with Crippen LogP contribution in [0.1, 0.15) is 29.9 Å². The number of ether oxygens (including phenoxy) is 2. The predicted octanol–water partition coefficient (Wildman–Crippen LogP) is 2.25. The zero-order chi connectivity index (χ0) is 14.5. The van der Waals surface area contributed by atoms with E-state index in [2.05, 4.69) is 27.2 Å². The second-order valence-corrected chi connectivity index (χ2v) is 4.51. The highest BCUT2D eigenvalue weighted by molar-refractivity contribution is 5.43. The summed E-state index contributed by atoms with van der Waals surface area (Å²) in [5.41, 5.74) is 2.73. The Morgan fingerprint density at radius 1 is 1.20 bits per heavy atom. The first-order valence-corrected chi connectivity index (χ1v) is 6.39. The maximum Gasteiger partial charge on any atom is 0.161 e. The van der Waals surface area contributed by atoms with Gasteiger partial charge in [0.25, 0.3) is 0 Å². The Morgan fingerprint density at radius 3 is 2.55 bits per heavy atom. The summed E-state index contributed by atoms with van der Waals surface area (Å²) in [7, 11) is 3.25. The normalized spacial score (nSPS) is 12.2. The summed E-state index contributed by atoms with van der Waals surface area (Å²) in [6, 6.07) is 6.01. The minimum Gasteiger partial charge on any atom is -0.493 e. The molecule has 0 saturated carbocycles. The van der Waals surface area contributed by atoms with Crippen molar-refractivity contribution in [1.29, 1.82) is 0 Å². The van der Waals surface area contributed by atoms with Crippen molar-refractivity contribution in [2.24, 2.45) is 0 Å². The molecule has 0 saturated heterocycles. The van der Waals surface area contributed by atoms with Crippen LogP contribution in [0.4, 0.5) is 0 Å². The van der Waals surface area contributed by atoms with Crippen molar-refractivity contribution in [3.05, 3.63) is 35.2 Å². The molecule has 0 aliphatic carbocycles. The molecule has 0 spiro atoms. The Balaban J connectivity index is 2.05. The number of hydrogen-bond donors (Lipinski definition) is 1. The molecule has 0 radical (unpaired) electrons. The van der Waals surface area contributed by atoms with Crippen molar-refractivity contribution >= 4 is 0 Å². The third-order valence-electron chi connectivity index (χ3n) is 3.23. The fourth-order valence-electron chi connectivity index (χ4n) is 1.90. The van der Waals surface area contributed by atoms with E-state index in [4.69, 9.17) is 9.47 Å². The molecule has 2 rings (SSSR count). The Morgan fingerprint density at radius 2 is 1.95 bits per heavy atom. The summed E-state index contributed by atoms with van der Waals surface area (Å²) in [5, 5.41) is 11.0. The summed E-state index contributed by atoms with van der Waals surface area (Å²) in [4.78, 5) is 0. The van der Waals surface area contributed by atoms with Gasteiger partial charge < -0.3 is 14.8 Å². The van der Waals surface area contributed by atoms with Gasteiger partial charge in [0, 0.05) is 12.6 Å². The van der Waals surface area contributed by atoms with Gasteiger partial charge in [0.1, 0.15) is 11.4 Å². The fourth-order valence-corrected chi connectivity index (χ4v) is 1.90. The monoisotopic (exact) mass is 277 g/mol. The molecule has 6 heteroatoms. The number of benzene rings is 1. The second kappa shape index (κ2) is 6.38. The van der Waals surface area contributed by atoms with E-state index in [1.165, 1.54) is 0 Å². The minimum absolute atomic E-state index is 0.144. The van der Waals surface area contributed by atoms with Crippen LogP contribution in [-0.2, 0) is 6.54 Å². The van der Waals surface area contributed by atoms with Gasteiger partial charge in [-0.3, -0.25) is 0 Å². The lowest BCUT2D eigenvalue weighted by Gasteiger charge is -2.15. The van der Waals surface area contributed by atoms with Crippen LogP contribution in [0.15, 0.2) is 22.8 Å². The SMILES string of the molecule is COc1ccc(C(C)NCc2nonc2C)cc1OC. The molecule has 0 bridgehead atoms. The van der Waals surface area contributed by atoms with Crippen molar-refractivity contribution in [1.82, 2.24) is 15.6 Å². The number of hydrogen-bond acceptors (Lipinski definition) is 6. The number of nitrogens with zero attached hydrogens (tertiary/aromatic N) is 2. The summed E-state index contributed by atoms with van der Waals surface area (Å²) in [6.07, 6.45) is 0. The van der Waals surface area contributed by atoms with Gasteiger partial charge in [-0.25, -0.2) is 4.63 Å². The predicted molar refractivity (Wildman–Crippen MR) is 73.8 cm³/mol. The molecule has 2 aromatic rings. The van der Waals surface area contributed by atoms with E-state index in [0.717, 1.165) is 28.5 Å². The summed E-state index contributed by atoms with van der Waals surface area (Å²) in [6.45, 7) is 4.55. The maximum absolute atomic E-state index is 5.31. The molecule has 0 aliphatic rings. The van der Waals surface area contributed by atoms with E-state index in [-0.39, 0.29) is 6.04 Å². The highest BCUT2D eigenvalue weighted by atomic mass is 16.6. The van der Waals surface area contributed by atoms with Gasteiger partial charge in [-0.2, -0.15) is 0 Å². The summed E-state index contributed by atoms with van der Waals surface area (Å²) in [5.74, 6) is 1.44. The van der Waals surface area contributed by atoms with Crippen LogP contribution in [0.5, 0.6) is 11.5 Å². The zero-order valence-electron chi connectivity index (χ0n) is 12.1. The first-order valence-electron chi connectivity index (χ1n) is 6.39. The number of nitrogens with one attached hydrogen (secondary N) is 1. The molecular formula is C14H19N3O3. The molecule has 108 valence electrons. The third-order valence-corrected chi connectivity index (χ3v) is 3.23. The van der Waals surface area contributed by atoms with Crippen LogP contribution >= 0.6 is 0 Å². The van der Waals surface area contributed by atoms with Crippen LogP contribution in [0.25, 0.3) is 0 Å². The molecule has 1 aromatic carbocycles. The lowest BCUT2D eigenvalue weighted by atomic mass is 10.1. The Kier molecular flexibility index (Phi) is 4.57. The van der Waals surface area contributed by atoms with E-state index in [9.17, 15) is 0 Å². The summed E-state index contributed by atoms with van der Waals surface area (Å²) < 4.78 is 15.2. The molecule has 1 N–H and O–H groups in total. The molecule has 6 nitrogen and oxygen atoms in total. The molecule has 20 heavy (non-hydrogen) atoms. The van der Waals surface area contributed by atoms with E-state index >= 15 is 0 Å². The van der Waals surface area contributed by atoms with E-state index in [1.807, 2.05) is 25.1 Å². The van der Waals surface area contributed by atoms with Gasteiger partial charge in [0.05, 0.1) is 14.2 Å². The van der Waals surface area contributed by atoms with E-state index in [0.29, 0.717) is 6.54 Å². The molecule has 0 aliphatic heterocycles. The number of aromatic nitrogens is 2. The van der Waals surface area contributed by atoms with Crippen molar-refractivity contribution in [2.45, 2.75) is 26.4 Å². The van der Waals surface area contributed by atoms with Crippen LogP contribution in [0.2, 0.25) is 0 Å². The Hall–Kier alpha value is -2.08. The molecule has 1 atom stereocenters. The van der Waals surface area contributed by atoms with Crippen molar-refractivity contribution in [2.75, 3.05) is 14.2 Å². The quantitative estimate of drug-likeness (QED) is 0.873. The average Bonchev–Trinajstić information content (AvgIpc) is 2.89. The highest BCUT2D eigenvalue weighted by Gasteiger charge is 2.11. The molecule has 1 aromatic heterocycles. The lowest BCUT2D eigenvalue weighted by molar-refractivity contribution is 0.300. The minimum atomic E-state index is 0.144. The Bertz CT molecular complexity index is 569. The van der Waals surface area contributed by atoms with Gasteiger partial charge >= 0.3 is 0 Å². The Labute approximate surface area is 118 Å². The zero-order valence-corrected chi connectivity index (χ0v) is 12.1. The lowest BCUT2D eigenvalue weighted by Crippen LogP contribution is -2.18.